The van der Waals surface area contributed by atoms with Gasteiger partial charge in [0.25, 0.3) is 5.91 Å². The average molecular weight is 451 g/mol. The molecule has 0 radical (unpaired) electrons. The highest BCUT2D eigenvalue weighted by atomic mass is 32.2. The van der Waals surface area contributed by atoms with Gasteiger partial charge in [0.15, 0.2) is 0 Å². The molecular weight excluding hydrogens is 428 g/mol. The van der Waals surface area contributed by atoms with Crippen LogP contribution in [0, 0.1) is 11.6 Å². The Morgan fingerprint density at radius 1 is 0.968 bits per heavy atom. The Morgan fingerprint density at radius 3 is 2.29 bits per heavy atom. The van der Waals surface area contributed by atoms with Crippen LogP contribution in [-0.2, 0) is 14.8 Å². The Hall–Kier alpha value is -2.85. The van der Waals surface area contributed by atoms with Crippen LogP contribution in [-0.4, -0.2) is 62.2 Å². The van der Waals surface area contributed by atoms with Gasteiger partial charge in [0.1, 0.15) is 11.6 Å². The first-order valence-corrected chi connectivity index (χ1v) is 11.3. The highest BCUT2D eigenvalue weighted by Gasteiger charge is 2.29. The van der Waals surface area contributed by atoms with Crippen molar-refractivity contribution in [2.45, 2.75) is 17.7 Å². The van der Waals surface area contributed by atoms with E-state index in [-0.39, 0.29) is 55.5 Å². The lowest BCUT2D eigenvalue weighted by molar-refractivity contribution is -0.132. The molecule has 0 saturated carbocycles. The van der Waals surface area contributed by atoms with Crippen LogP contribution in [0.5, 0.6) is 0 Å². The molecule has 0 aromatic heterocycles. The lowest BCUT2D eigenvalue weighted by Gasteiger charge is -2.34. The van der Waals surface area contributed by atoms with E-state index in [2.05, 4.69) is 5.32 Å². The van der Waals surface area contributed by atoms with Crippen LogP contribution in [0.1, 0.15) is 23.2 Å². The van der Waals surface area contributed by atoms with Crippen molar-refractivity contribution in [3.05, 3.63) is 65.7 Å². The molecule has 166 valence electrons. The van der Waals surface area contributed by atoms with Gasteiger partial charge < -0.3 is 10.2 Å². The number of benzene rings is 2. The number of halogens is 2. The quantitative estimate of drug-likeness (QED) is 0.653. The Bertz CT molecular complexity index is 1040. The zero-order valence-corrected chi connectivity index (χ0v) is 17.6. The molecule has 1 saturated heterocycles. The first-order valence-electron chi connectivity index (χ1n) is 9.85. The second kappa shape index (κ2) is 9.97. The number of sulfonamides is 1. The molecule has 2 aromatic rings. The van der Waals surface area contributed by atoms with Crippen LogP contribution >= 0.6 is 0 Å². The monoisotopic (exact) mass is 451 g/mol. The molecule has 1 N–H and O–H groups in total. The first-order chi connectivity index (χ1) is 14.8. The number of rotatable bonds is 7. The van der Waals surface area contributed by atoms with Crippen molar-refractivity contribution in [3.8, 4) is 0 Å². The number of carbonyl (C=O) groups excluding carboxylic acids is 2. The normalized spacial score (nSPS) is 15.0. The third-order valence-electron chi connectivity index (χ3n) is 5.00. The van der Waals surface area contributed by atoms with Crippen LogP contribution in [0.2, 0.25) is 0 Å². The van der Waals surface area contributed by atoms with Gasteiger partial charge in [-0.15, -0.1) is 0 Å². The van der Waals surface area contributed by atoms with Gasteiger partial charge in [0.2, 0.25) is 15.9 Å². The van der Waals surface area contributed by atoms with Gasteiger partial charge in [-0.1, -0.05) is 18.2 Å². The number of carbonyl (C=O) groups is 2. The minimum Gasteiger partial charge on any atom is -0.352 e. The molecule has 0 spiro atoms. The predicted octanol–water partition coefficient (Wildman–Crippen LogP) is 2.01. The zero-order chi connectivity index (χ0) is 22.4. The van der Waals surface area contributed by atoms with Crippen molar-refractivity contribution >= 4 is 21.8 Å². The fourth-order valence-electron chi connectivity index (χ4n) is 3.29. The summed E-state index contributed by atoms with van der Waals surface area (Å²) < 4.78 is 53.1. The van der Waals surface area contributed by atoms with Crippen LogP contribution in [0.3, 0.4) is 0 Å². The standard InChI is InChI=1S/C21H23F2N3O4S/c22-16-8-9-18(19(23)15-16)21(28)24-10-4-7-20(27)25-11-13-26(14-12-25)31(29,30)17-5-2-1-3-6-17/h1-3,5-6,8-9,15H,4,7,10-14H2,(H,24,28). The summed E-state index contributed by atoms with van der Waals surface area (Å²) in [5.41, 5.74) is -0.261. The molecule has 0 bridgehead atoms. The first kappa shape index (κ1) is 22.8. The van der Waals surface area contributed by atoms with E-state index in [0.717, 1.165) is 12.1 Å². The highest BCUT2D eigenvalue weighted by Crippen LogP contribution is 2.17. The molecule has 0 aliphatic carbocycles. The number of piperazine rings is 1. The molecule has 10 heteroatoms. The minimum absolute atomic E-state index is 0.140. The van der Waals surface area contributed by atoms with Crippen LogP contribution in [0.15, 0.2) is 53.4 Å². The van der Waals surface area contributed by atoms with Gasteiger partial charge in [-0.3, -0.25) is 9.59 Å². The summed E-state index contributed by atoms with van der Waals surface area (Å²) in [5.74, 6) is -2.53. The summed E-state index contributed by atoms with van der Waals surface area (Å²) in [6.45, 7) is 1.16. The molecule has 1 aliphatic heterocycles. The summed E-state index contributed by atoms with van der Waals surface area (Å²) in [7, 11) is -3.58. The summed E-state index contributed by atoms with van der Waals surface area (Å²) in [6, 6.07) is 10.8. The van der Waals surface area contributed by atoms with Crippen LogP contribution < -0.4 is 5.32 Å². The Morgan fingerprint density at radius 2 is 1.65 bits per heavy atom. The molecule has 1 aliphatic rings. The maximum absolute atomic E-state index is 13.6. The third-order valence-corrected chi connectivity index (χ3v) is 6.91. The smallest absolute Gasteiger partial charge is 0.254 e. The molecule has 1 fully saturated rings. The lowest BCUT2D eigenvalue weighted by Crippen LogP contribution is -2.50. The molecule has 0 unspecified atom stereocenters. The molecule has 3 rings (SSSR count). The summed E-state index contributed by atoms with van der Waals surface area (Å²) in [6.07, 6.45) is 0.507. The van der Waals surface area contributed by atoms with Crippen molar-refractivity contribution in [1.82, 2.24) is 14.5 Å². The SMILES string of the molecule is O=C(NCCCC(=O)N1CCN(S(=O)(=O)c2ccccc2)CC1)c1ccc(F)cc1F. The van der Waals surface area contributed by atoms with Gasteiger partial charge in [0, 0.05) is 45.2 Å². The number of amides is 2. The van der Waals surface area contributed by atoms with E-state index in [1.165, 1.54) is 4.31 Å². The van der Waals surface area contributed by atoms with Crippen LogP contribution in [0.25, 0.3) is 0 Å². The van der Waals surface area contributed by atoms with E-state index in [1.54, 1.807) is 35.2 Å². The zero-order valence-electron chi connectivity index (χ0n) is 16.8. The molecule has 0 atom stereocenters. The van der Waals surface area contributed by atoms with E-state index < -0.39 is 27.6 Å². The average Bonchev–Trinajstić information content (AvgIpc) is 2.77. The second-order valence-corrected chi connectivity index (χ2v) is 9.02. The van der Waals surface area contributed by atoms with Gasteiger partial charge in [-0.2, -0.15) is 4.31 Å². The Balaban J connectivity index is 1.42. The largest absolute Gasteiger partial charge is 0.352 e. The van der Waals surface area contributed by atoms with Gasteiger partial charge in [0.05, 0.1) is 10.5 Å². The summed E-state index contributed by atoms with van der Waals surface area (Å²) >= 11 is 0. The minimum atomic E-state index is -3.58. The highest BCUT2D eigenvalue weighted by molar-refractivity contribution is 7.89. The maximum Gasteiger partial charge on any atom is 0.254 e. The molecule has 2 amide bonds. The Kier molecular flexibility index (Phi) is 7.34. The van der Waals surface area contributed by atoms with Crippen LogP contribution in [0.4, 0.5) is 8.78 Å². The second-order valence-electron chi connectivity index (χ2n) is 7.08. The molecular formula is C21H23F2N3O4S. The van der Waals surface area contributed by atoms with E-state index in [4.69, 9.17) is 0 Å². The fraction of sp³-hybridized carbons (Fsp3) is 0.333. The van der Waals surface area contributed by atoms with Gasteiger partial charge >= 0.3 is 0 Å². The lowest BCUT2D eigenvalue weighted by atomic mass is 10.2. The number of nitrogens with zero attached hydrogens (tertiary/aromatic N) is 2. The third kappa shape index (κ3) is 5.65. The molecule has 31 heavy (non-hydrogen) atoms. The van der Waals surface area contributed by atoms with E-state index in [1.807, 2.05) is 0 Å². The van der Waals surface area contributed by atoms with Crippen molar-refractivity contribution in [2.75, 3.05) is 32.7 Å². The number of hydrogen-bond acceptors (Lipinski definition) is 4. The number of nitrogens with one attached hydrogen (secondary N) is 1. The number of hydrogen-bond donors (Lipinski definition) is 1. The van der Waals surface area contributed by atoms with E-state index >= 15 is 0 Å². The van der Waals surface area contributed by atoms with Crippen molar-refractivity contribution in [1.29, 1.82) is 0 Å². The fourth-order valence-corrected chi connectivity index (χ4v) is 4.73. The molecule has 1 heterocycles. The topological polar surface area (TPSA) is 86.8 Å². The van der Waals surface area contributed by atoms with E-state index in [0.29, 0.717) is 12.5 Å². The van der Waals surface area contributed by atoms with Crippen molar-refractivity contribution < 1.29 is 26.8 Å². The summed E-state index contributed by atoms with van der Waals surface area (Å²) in [5, 5.41) is 2.50. The van der Waals surface area contributed by atoms with Crippen molar-refractivity contribution in [3.63, 3.8) is 0 Å². The summed E-state index contributed by atoms with van der Waals surface area (Å²) in [4.78, 5) is 26.1. The molecule has 2 aromatic carbocycles. The molecule has 7 nitrogen and oxygen atoms in total. The van der Waals surface area contributed by atoms with Gasteiger partial charge in [-0.05, 0) is 30.7 Å². The Labute approximate surface area is 179 Å². The maximum atomic E-state index is 13.6. The van der Waals surface area contributed by atoms with Crippen molar-refractivity contribution in [2.24, 2.45) is 0 Å². The van der Waals surface area contributed by atoms with Gasteiger partial charge in [-0.25, -0.2) is 17.2 Å². The van der Waals surface area contributed by atoms with E-state index in [9.17, 15) is 26.8 Å². The predicted molar refractivity (Wildman–Crippen MR) is 110 cm³/mol.